The molecule has 0 fully saturated rings. The van der Waals surface area contributed by atoms with Gasteiger partial charge in [-0.25, -0.2) is 13.8 Å². The van der Waals surface area contributed by atoms with Gasteiger partial charge in [-0.1, -0.05) is 36.4 Å². The zero-order valence-electron chi connectivity index (χ0n) is 13.2. The number of benzene rings is 2. The largest absolute Gasteiger partial charge is 0.493 e. The zero-order chi connectivity index (χ0) is 18.1. The topological polar surface area (TPSA) is 98.9 Å². The molecular formula is C18H14FN3O3. The van der Waals surface area contributed by atoms with Gasteiger partial charge in [-0.15, -0.1) is 0 Å². The lowest BCUT2D eigenvalue weighted by atomic mass is 10.00. The van der Waals surface area contributed by atoms with Gasteiger partial charge in [0.1, 0.15) is 11.4 Å². The van der Waals surface area contributed by atoms with Crippen LogP contribution < -0.4 is 11.2 Å². The molecule has 7 heteroatoms. The fourth-order valence-corrected chi connectivity index (χ4v) is 2.60. The van der Waals surface area contributed by atoms with Crippen molar-refractivity contribution in [1.29, 1.82) is 5.41 Å². The number of aryl methyl sites for hydroxylation is 1. The number of rotatable bonds is 3. The van der Waals surface area contributed by atoms with Crippen molar-refractivity contribution in [2.24, 2.45) is 0 Å². The van der Waals surface area contributed by atoms with E-state index < -0.39 is 28.5 Å². The van der Waals surface area contributed by atoms with E-state index in [-0.39, 0.29) is 11.4 Å². The van der Waals surface area contributed by atoms with Gasteiger partial charge in [0.2, 0.25) is 5.88 Å². The molecule has 25 heavy (non-hydrogen) atoms. The summed E-state index contributed by atoms with van der Waals surface area (Å²) in [6, 6.07) is 12.2. The van der Waals surface area contributed by atoms with Crippen LogP contribution in [0.5, 0.6) is 5.88 Å². The molecule has 3 rings (SSSR count). The van der Waals surface area contributed by atoms with E-state index in [9.17, 15) is 19.1 Å². The molecule has 0 aliphatic heterocycles. The van der Waals surface area contributed by atoms with Gasteiger partial charge in [-0.05, 0) is 24.6 Å². The van der Waals surface area contributed by atoms with Crippen LogP contribution in [0.25, 0.3) is 5.69 Å². The molecule has 6 nitrogen and oxygen atoms in total. The third-order valence-electron chi connectivity index (χ3n) is 3.84. The van der Waals surface area contributed by atoms with Crippen molar-refractivity contribution in [2.45, 2.75) is 6.92 Å². The van der Waals surface area contributed by atoms with E-state index in [2.05, 4.69) is 0 Å². The Balaban J connectivity index is 2.30. The standard InChI is InChI=1S/C18H14FN3O3/c1-10-6-2-3-7-11(10)15(20)14-16(23)21-18(25)22(17(14)24)13-9-5-4-8-12(13)19/h2-9,20,24H,1H3,(H,21,23,25). The SMILES string of the molecule is Cc1ccccc1C(=N)c1c(O)n(-c2ccccc2F)c(=O)[nH]c1=O. The Morgan fingerprint density at radius 2 is 1.76 bits per heavy atom. The molecule has 0 saturated heterocycles. The predicted octanol–water partition coefficient (Wildman–Crippen LogP) is 2.10. The summed E-state index contributed by atoms with van der Waals surface area (Å²) in [5, 5.41) is 18.8. The van der Waals surface area contributed by atoms with Crippen molar-refractivity contribution in [1.82, 2.24) is 9.55 Å². The van der Waals surface area contributed by atoms with Gasteiger partial charge in [-0.2, -0.15) is 0 Å². The second-order valence-corrected chi connectivity index (χ2v) is 5.43. The average molecular weight is 339 g/mol. The maximum Gasteiger partial charge on any atom is 0.335 e. The van der Waals surface area contributed by atoms with Gasteiger partial charge in [0, 0.05) is 5.56 Å². The number of nitrogens with one attached hydrogen (secondary N) is 2. The van der Waals surface area contributed by atoms with Gasteiger partial charge in [0.25, 0.3) is 5.56 Å². The Bertz CT molecular complexity index is 1100. The van der Waals surface area contributed by atoms with E-state index in [1.165, 1.54) is 18.2 Å². The highest BCUT2D eigenvalue weighted by molar-refractivity contribution is 6.12. The number of aromatic hydroxyl groups is 1. The van der Waals surface area contributed by atoms with Crippen LogP contribution in [0.4, 0.5) is 4.39 Å². The van der Waals surface area contributed by atoms with Gasteiger partial charge in [-0.3, -0.25) is 15.2 Å². The van der Waals surface area contributed by atoms with E-state index in [1.54, 1.807) is 31.2 Å². The molecule has 126 valence electrons. The summed E-state index contributed by atoms with van der Waals surface area (Å²) >= 11 is 0. The Hall–Kier alpha value is -3.48. The minimum atomic E-state index is -0.992. The third-order valence-corrected chi connectivity index (χ3v) is 3.84. The van der Waals surface area contributed by atoms with E-state index in [0.717, 1.165) is 11.6 Å². The number of hydrogen-bond acceptors (Lipinski definition) is 4. The molecule has 0 atom stereocenters. The number of aromatic nitrogens is 2. The average Bonchev–Trinajstić information content (AvgIpc) is 2.56. The van der Waals surface area contributed by atoms with Crippen molar-refractivity contribution >= 4 is 5.71 Å². The van der Waals surface area contributed by atoms with Crippen molar-refractivity contribution in [3.8, 4) is 11.6 Å². The molecule has 3 aromatic rings. The summed E-state index contributed by atoms with van der Waals surface area (Å²) in [7, 11) is 0. The van der Waals surface area contributed by atoms with Crippen LogP contribution in [0, 0.1) is 18.2 Å². The number of hydrogen-bond donors (Lipinski definition) is 3. The third kappa shape index (κ3) is 2.76. The van der Waals surface area contributed by atoms with Crippen LogP contribution in [0.1, 0.15) is 16.7 Å². The van der Waals surface area contributed by atoms with Crippen LogP contribution in [-0.4, -0.2) is 20.4 Å². The maximum absolute atomic E-state index is 14.0. The van der Waals surface area contributed by atoms with Crippen molar-refractivity contribution in [3.05, 3.63) is 91.9 Å². The number of nitrogens with zero attached hydrogens (tertiary/aromatic N) is 1. The first-order valence-corrected chi connectivity index (χ1v) is 7.40. The number of halogens is 1. The molecule has 3 N–H and O–H groups in total. The van der Waals surface area contributed by atoms with Gasteiger partial charge in [0.05, 0.1) is 11.4 Å². The molecule has 1 heterocycles. The number of aromatic amines is 1. The van der Waals surface area contributed by atoms with Gasteiger partial charge < -0.3 is 5.11 Å². The fourth-order valence-electron chi connectivity index (χ4n) is 2.60. The minimum absolute atomic E-state index is 0.222. The first kappa shape index (κ1) is 16.4. The second kappa shape index (κ2) is 6.20. The smallest absolute Gasteiger partial charge is 0.335 e. The van der Waals surface area contributed by atoms with E-state index in [0.29, 0.717) is 10.1 Å². The molecule has 0 bridgehead atoms. The van der Waals surface area contributed by atoms with Crippen LogP contribution in [0.15, 0.2) is 58.1 Å². The van der Waals surface area contributed by atoms with E-state index in [4.69, 9.17) is 5.41 Å². The minimum Gasteiger partial charge on any atom is -0.493 e. The normalized spacial score (nSPS) is 10.6. The van der Waals surface area contributed by atoms with E-state index in [1.807, 2.05) is 4.98 Å². The second-order valence-electron chi connectivity index (χ2n) is 5.43. The summed E-state index contributed by atoms with van der Waals surface area (Å²) < 4.78 is 14.7. The highest BCUT2D eigenvalue weighted by atomic mass is 19.1. The molecule has 1 aromatic heterocycles. The van der Waals surface area contributed by atoms with E-state index >= 15 is 0 Å². The Kier molecular flexibility index (Phi) is 4.06. The van der Waals surface area contributed by atoms with Crippen molar-refractivity contribution in [3.63, 3.8) is 0 Å². The van der Waals surface area contributed by atoms with Gasteiger partial charge >= 0.3 is 5.69 Å². The van der Waals surface area contributed by atoms with Crippen LogP contribution in [-0.2, 0) is 0 Å². The van der Waals surface area contributed by atoms with Crippen LogP contribution in [0.3, 0.4) is 0 Å². The first-order valence-electron chi connectivity index (χ1n) is 7.40. The zero-order valence-corrected chi connectivity index (χ0v) is 13.2. The lowest BCUT2D eigenvalue weighted by molar-refractivity contribution is 0.426. The highest BCUT2D eigenvalue weighted by Crippen LogP contribution is 2.22. The number of H-pyrrole nitrogens is 1. The van der Waals surface area contributed by atoms with Crippen LogP contribution >= 0.6 is 0 Å². The molecule has 0 unspecified atom stereocenters. The highest BCUT2D eigenvalue weighted by Gasteiger charge is 2.22. The quantitative estimate of drug-likeness (QED) is 0.637. The maximum atomic E-state index is 14.0. The van der Waals surface area contributed by atoms with Crippen molar-refractivity contribution in [2.75, 3.05) is 0 Å². The molecule has 2 aromatic carbocycles. The summed E-state index contributed by atoms with van der Waals surface area (Å²) in [5.74, 6) is -1.53. The first-order chi connectivity index (χ1) is 11.9. The number of para-hydroxylation sites is 1. The molecular weight excluding hydrogens is 325 g/mol. The Morgan fingerprint density at radius 1 is 1.12 bits per heavy atom. The molecule has 0 amide bonds. The van der Waals surface area contributed by atoms with Crippen LogP contribution in [0.2, 0.25) is 0 Å². The molecule has 0 radical (unpaired) electrons. The molecule has 0 aliphatic carbocycles. The lowest BCUT2D eigenvalue weighted by Gasteiger charge is -2.13. The molecule has 0 spiro atoms. The van der Waals surface area contributed by atoms with Gasteiger partial charge in [0.15, 0.2) is 0 Å². The lowest BCUT2D eigenvalue weighted by Crippen LogP contribution is -2.33. The summed E-state index contributed by atoms with van der Waals surface area (Å²) in [6.07, 6.45) is 0. The summed E-state index contributed by atoms with van der Waals surface area (Å²) in [6.45, 7) is 1.75. The summed E-state index contributed by atoms with van der Waals surface area (Å²) in [5.41, 5.74) is -1.66. The summed E-state index contributed by atoms with van der Waals surface area (Å²) in [4.78, 5) is 26.3. The molecule has 0 aliphatic rings. The predicted molar refractivity (Wildman–Crippen MR) is 91.4 cm³/mol. The Labute approximate surface area is 141 Å². The monoisotopic (exact) mass is 339 g/mol. The fraction of sp³-hybridized carbons (Fsp3) is 0.0556. The Morgan fingerprint density at radius 3 is 2.44 bits per heavy atom. The molecule has 0 saturated carbocycles. The van der Waals surface area contributed by atoms with Crippen molar-refractivity contribution < 1.29 is 9.50 Å².